The molecule has 0 aromatic carbocycles. The molecule has 0 unspecified atom stereocenters. The fraction of sp³-hybridized carbons (Fsp3) is 0.444. The van der Waals surface area contributed by atoms with Crippen LogP contribution < -0.4 is 5.32 Å². The van der Waals surface area contributed by atoms with Crippen molar-refractivity contribution in [2.24, 2.45) is 4.99 Å². The zero-order valence-electron chi connectivity index (χ0n) is 14.5. The molecule has 0 bridgehead atoms. The molecule has 0 radical (unpaired) electrons. The maximum absolute atomic E-state index is 12.3. The molecule has 134 valence electrons. The Kier molecular flexibility index (Phi) is 5.77. The maximum Gasteiger partial charge on any atom is 0.289 e. The van der Waals surface area contributed by atoms with Crippen LogP contribution in [0.2, 0.25) is 0 Å². The second-order valence-electron chi connectivity index (χ2n) is 5.82. The summed E-state index contributed by atoms with van der Waals surface area (Å²) in [5, 5.41) is 3.33. The molecule has 1 aliphatic heterocycles. The highest BCUT2D eigenvalue weighted by Crippen LogP contribution is 2.10. The Morgan fingerprint density at radius 3 is 2.48 bits per heavy atom. The van der Waals surface area contributed by atoms with Gasteiger partial charge in [-0.25, -0.2) is 0 Å². The average Bonchev–Trinajstić information content (AvgIpc) is 3.34. The molecule has 2 aromatic rings. The molecule has 1 amide bonds. The highest BCUT2D eigenvalue weighted by molar-refractivity contribution is 5.91. The Bertz CT molecular complexity index is 671. The van der Waals surface area contributed by atoms with E-state index in [0.29, 0.717) is 25.4 Å². The van der Waals surface area contributed by atoms with Crippen LogP contribution in [-0.2, 0) is 6.42 Å². The number of carbonyl (C=O) groups is 1. The van der Waals surface area contributed by atoms with Crippen molar-refractivity contribution in [3.05, 3.63) is 48.3 Å². The first-order valence-electron chi connectivity index (χ1n) is 8.66. The predicted molar refractivity (Wildman–Crippen MR) is 94.6 cm³/mol. The lowest BCUT2D eigenvalue weighted by Gasteiger charge is -2.36. The fourth-order valence-electron chi connectivity index (χ4n) is 2.83. The van der Waals surface area contributed by atoms with Crippen LogP contribution in [0.15, 0.2) is 50.6 Å². The zero-order chi connectivity index (χ0) is 17.5. The van der Waals surface area contributed by atoms with E-state index in [2.05, 4.69) is 22.1 Å². The van der Waals surface area contributed by atoms with Gasteiger partial charge in [-0.2, -0.15) is 0 Å². The quantitative estimate of drug-likeness (QED) is 0.662. The van der Waals surface area contributed by atoms with Crippen LogP contribution in [0.4, 0.5) is 0 Å². The molecule has 0 spiro atoms. The number of aliphatic imine (C=N–C) groups is 1. The molecule has 7 heteroatoms. The summed E-state index contributed by atoms with van der Waals surface area (Å²) in [6, 6.07) is 7.29. The van der Waals surface area contributed by atoms with Crippen molar-refractivity contribution in [3.8, 4) is 0 Å². The van der Waals surface area contributed by atoms with Gasteiger partial charge in [-0.3, -0.25) is 9.79 Å². The Balaban J connectivity index is 1.53. The number of furan rings is 2. The number of guanidine groups is 1. The van der Waals surface area contributed by atoms with Crippen molar-refractivity contribution in [2.75, 3.05) is 39.3 Å². The van der Waals surface area contributed by atoms with E-state index in [1.165, 1.54) is 6.26 Å². The van der Waals surface area contributed by atoms with Crippen LogP contribution in [0.5, 0.6) is 0 Å². The van der Waals surface area contributed by atoms with Crippen molar-refractivity contribution in [1.29, 1.82) is 0 Å². The van der Waals surface area contributed by atoms with Gasteiger partial charge in [0.05, 0.1) is 12.5 Å². The first kappa shape index (κ1) is 17.1. The van der Waals surface area contributed by atoms with Gasteiger partial charge in [-0.15, -0.1) is 0 Å². The van der Waals surface area contributed by atoms with Crippen LogP contribution in [0.3, 0.4) is 0 Å². The predicted octanol–water partition coefficient (Wildman–Crippen LogP) is 1.84. The lowest BCUT2D eigenvalue weighted by atomic mass is 10.3. The van der Waals surface area contributed by atoms with Gasteiger partial charge in [0.1, 0.15) is 5.76 Å². The molecule has 1 fully saturated rings. The molecule has 2 aromatic heterocycles. The topological polar surface area (TPSA) is 74.2 Å². The number of rotatable bonds is 5. The largest absolute Gasteiger partial charge is 0.469 e. The molecular weight excluding hydrogens is 320 g/mol. The smallest absolute Gasteiger partial charge is 0.289 e. The second-order valence-corrected chi connectivity index (χ2v) is 5.82. The summed E-state index contributed by atoms with van der Waals surface area (Å²) in [6.07, 6.45) is 3.98. The van der Waals surface area contributed by atoms with Gasteiger partial charge >= 0.3 is 0 Å². The van der Waals surface area contributed by atoms with E-state index in [1.54, 1.807) is 18.4 Å². The van der Waals surface area contributed by atoms with Gasteiger partial charge in [0.2, 0.25) is 0 Å². The lowest BCUT2D eigenvalue weighted by molar-refractivity contribution is 0.0657. The molecule has 1 saturated heterocycles. The van der Waals surface area contributed by atoms with Crippen LogP contribution in [0, 0.1) is 0 Å². The molecule has 3 rings (SSSR count). The van der Waals surface area contributed by atoms with E-state index < -0.39 is 0 Å². The minimum atomic E-state index is -0.0515. The number of nitrogens with zero attached hydrogens (tertiary/aromatic N) is 3. The van der Waals surface area contributed by atoms with Crippen molar-refractivity contribution >= 4 is 11.9 Å². The van der Waals surface area contributed by atoms with E-state index in [9.17, 15) is 4.79 Å². The Morgan fingerprint density at radius 2 is 1.84 bits per heavy atom. The van der Waals surface area contributed by atoms with E-state index in [-0.39, 0.29) is 5.91 Å². The second kappa shape index (κ2) is 8.41. The van der Waals surface area contributed by atoms with Crippen molar-refractivity contribution in [2.45, 2.75) is 13.3 Å². The number of piperazine rings is 1. The van der Waals surface area contributed by atoms with Gasteiger partial charge in [0.25, 0.3) is 5.91 Å². The summed E-state index contributed by atoms with van der Waals surface area (Å²) in [5.41, 5.74) is 0. The minimum absolute atomic E-state index is 0.0515. The fourth-order valence-corrected chi connectivity index (χ4v) is 2.83. The summed E-state index contributed by atoms with van der Waals surface area (Å²) < 4.78 is 10.5. The van der Waals surface area contributed by atoms with Crippen molar-refractivity contribution < 1.29 is 13.6 Å². The monoisotopic (exact) mass is 344 g/mol. The molecule has 1 aliphatic rings. The van der Waals surface area contributed by atoms with Gasteiger partial charge < -0.3 is 24.0 Å². The standard InChI is InChI=1S/C18H24N4O3/c1-2-19-18(20-8-7-15-5-3-13-24-15)22-11-9-21(10-12-22)17(23)16-6-4-14-25-16/h3-6,13-14H,2,7-12H2,1H3,(H,19,20). The third kappa shape index (κ3) is 4.43. The molecular formula is C18H24N4O3. The highest BCUT2D eigenvalue weighted by Gasteiger charge is 2.25. The molecule has 0 saturated carbocycles. The van der Waals surface area contributed by atoms with Gasteiger partial charge in [-0.05, 0) is 31.2 Å². The van der Waals surface area contributed by atoms with E-state index in [0.717, 1.165) is 37.8 Å². The van der Waals surface area contributed by atoms with Gasteiger partial charge in [-0.1, -0.05) is 0 Å². The molecule has 25 heavy (non-hydrogen) atoms. The molecule has 3 heterocycles. The third-order valence-corrected chi connectivity index (χ3v) is 4.13. The highest BCUT2D eigenvalue weighted by atomic mass is 16.3. The van der Waals surface area contributed by atoms with Crippen LogP contribution in [-0.4, -0.2) is 60.9 Å². The maximum atomic E-state index is 12.3. The molecule has 7 nitrogen and oxygen atoms in total. The summed E-state index contributed by atoms with van der Waals surface area (Å²) in [5.74, 6) is 2.17. The van der Waals surface area contributed by atoms with Crippen molar-refractivity contribution in [1.82, 2.24) is 15.1 Å². The van der Waals surface area contributed by atoms with E-state index in [4.69, 9.17) is 8.83 Å². The molecule has 0 aliphatic carbocycles. The molecule has 0 atom stereocenters. The zero-order valence-corrected chi connectivity index (χ0v) is 14.5. The van der Waals surface area contributed by atoms with Crippen LogP contribution >= 0.6 is 0 Å². The van der Waals surface area contributed by atoms with E-state index in [1.807, 2.05) is 17.0 Å². The van der Waals surface area contributed by atoms with E-state index >= 15 is 0 Å². The van der Waals surface area contributed by atoms with Crippen molar-refractivity contribution in [3.63, 3.8) is 0 Å². The van der Waals surface area contributed by atoms with Crippen LogP contribution in [0.1, 0.15) is 23.2 Å². The molecule has 1 N–H and O–H groups in total. The Hall–Kier alpha value is -2.70. The summed E-state index contributed by atoms with van der Waals surface area (Å²) in [4.78, 5) is 21.0. The minimum Gasteiger partial charge on any atom is -0.469 e. The first-order valence-corrected chi connectivity index (χ1v) is 8.66. The summed E-state index contributed by atoms with van der Waals surface area (Å²) >= 11 is 0. The van der Waals surface area contributed by atoms with Gasteiger partial charge in [0, 0.05) is 45.7 Å². The van der Waals surface area contributed by atoms with Gasteiger partial charge in [0.15, 0.2) is 11.7 Å². The lowest BCUT2D eigenvalue weighted by Crippen LogP contribution is -2.53. The summed E-state index contributed by atoms with van der Waals surface area (Å²) in [7, 11) is 0. The van der Waals surface area contributed by atoms with Crippen LogP contribution in [0.25, 0.3) is 0 Å². The summed E-state index contributed by atoms with van der Waals surface area (Å²) in [6.45, 7) is 6.34. The number of amides is 1. The first-order chi connectivity index (χ1) is 12.3. The average molecular weight is 344 g/mol. The number of hydrogen-bond acceptors (Lipinski definition) is 4. The third-order valence-electron chi connectivity index (χ3n) is 4.13. The normalized spacial score (nSPS) is 15.5. The SMILES string of the molecule is CCNC(=NCCc1ccco1)N1CCN(C(=O)c2ccco2)CC1. The Labute approximate surface area is 147 Å². The number of carbonyl (C=O) groups excluding carboxylic acids is 1. The number of hydrogen-bond donors (Lipinski definition) is 1. The Morgan fingerprint density at radius 1 is 1.12 bits per heavy atom. The number of nitrogens with one attached hydrogen (secondary N) is 1.